The van der Waals surface area contributed by atoms with Gasteiger partial charge < -0.3 is 15.0 Å². The highest BCUT2D eigenvalue weighted by molar-refractivity contribution is 6.30. The lowest BCUT2D eigenvalue weighted by molar-refractivity contribution is -0.138. The molecule has 12 heteroatoms. The Balaban J connectivity index is 1.66. The number of alkyl halides is 3. The van der Waals surface area contributed by atoms with Gasteiger partial charge in [-0.3, -0.25) is 4.79 Å². The number of aromatic nitrogens is 2. The van der Waals surface area contributed by atoms with Crippen molar-refractivity contribution in [2.75, 3.05) is 5.32 Å². The van der Waals surface area contributed by atoms with Crippen molar-refractivity contribution in [1.82, 2.24) is 9.55 Å². The second-order valence-corrected chi connectivity index (χ2v) is 10.4. The third-order valence-corrected chi connectivity index (χ3v) is 7.55. The lowest BCUT2D eigenvalue weighted by atomic mass is 9.83. The molecule has 6 nitrogen and oxygen atoms in total. The van der Waals surface area contributed by atoms with Gasteiger partial charge in [-0.1, -0.05) is 30.9 Å². The average Bonchev–Trinajstić information content (AvgIpc) is 3.27. The number of nitrogens with one attached hydrogen (secondary N) is 1. The number of amides is 1. The van der Waals surface area contributed by atoms with Crippen LogP contribution in [-0.4, -0.2) is 26.5 Å². The number of anilines is 1. The molecule has 1 heterocycles. The number of carbonyl (C=O) groups is 2. The van der Waals surface area contributed by atoms with Crippen LogP contribution in [0.4, 0.5) is 27.6 Å². The zero-order valence-electron chi connectivity index (χ0n) is 21.3. The van der Waals surface area contributed by atoms with E-state index in [0.29, 0.717) is 29.5 Å². The fourth-order valence-electron chi connectivity index (χ4n) is 5.43. The van der Waals surface area contributed by atoms with E-state index in [0.717, 1.165) is 43.5 Å². The molecular weight excluding hydrogens is 569 g/mol. The van der Waals surface area contributed by atoms with Gasteiger partial charge in [0.15, 0.2) is 11.6 Å². The molecule has 1 aromatic heterocycles. The zero-order valence-corrected chi connectivity index (χ0v) is 22.1. The first kappa shape index (κ1) is 28.5. The van der Waals surface area contributed by atoms with Crippen molar-refractivity contribution in [3.8, 4) is 11.4 Å². The van der Waals surface area contributed by atoms with Crippen molar-refractivity contribution in [2.45, 2.75) is 44.3 Å². The number of hydrogen-bond donors (Lipinski definition) is 2. The molecule has 5 rings (SSSR count). The van der Waals surface area contributed by atoms with E-state index in [9.17, 15) is 36.6 Å². The van der Waals surface area contributed by atoms with Gasteiger partial charge in [-0.05, 0) is 61.2 Å². The van der Waals surface area contributed by atoms with Crippen LogP contribution >= 0.6 is 11.6 Å². The van der Waals surface area contributed by atoms with Crippen molar-refractivity contribution in [1.29, 1.82) is 0 Å². The highest BCUT2D eigenvalue weighted by Crippen LogP contribution is 2.40. The molecule has 1 saturated carbocycles. The number of nitrogens with zero attached hydrogens (tertiary/aromatic N) is 2. The number of carboxylic acid groups (broad SMARTS) is 1. The van der Waals surface area contributed by atoms with Crippen molar-refractivity contribution >= 4 is 40.2 Å². The predicted octanol–water partition coefficient (Wildman–Crippen LogP) is 8.11. The number of imidazole rings is 1. The summed E-state index contributed by atoms with van der Waals surface area (Å²) in [5, 5.41) is 12.2. The summed E-state index contributed by atoms with van der Waals surface area (Å²) in [7, 11) is 0. The third kappa shape index (κ3) is 5.76. The van der Waals surface area contributed by atoms with Gasteiger partial charge in [0.2, 0.25) is 5.91 Å². The van der Waals surface area contributed by atoms with Gasteiger partial charge in [0.1, 0.15) is 11.9 Å². The molecule has 1 fully saturated rings. The quantitative estimate of drug-likeness (QED) is 0.222. The highest BCUT2D eigenvalue weighted by atomic mass is 35.5. The van der Waals surface area contributed by atoms with E-state index in [4.69, 9.17) is 11.6 Å². The smallest absolute Gasteiger partial charge is 0.417 e. The minimum Gasteiger partial charge on any atom is -0.478 e. The molecule has 1 unspecified atom stereocenters. The Morgan fingerprint density at radius 2 is 1.63 bits per heavy atom. The van der Waals surface area contributed by atoms with Crippen LogP contribution in [0.3, 0.4) is 0 Å². The molecule has 2 N–H and O–H groups in total. The summed E-state index contributed by atoms with van der Waals surface area (Å²) >= 11 is 6.05. The summed E-state index contributed by atoms with van der Waals surface area (Å²) in [4.78, 5) is 29.9. The standard InChI is InChI=1S/C29H23ClF5N3O3/c30-17-8-6-16(7-9-17)26-37-23-13-21(31)22(32)14-24(23)38(26)25(15-4-2-1-3-5-15)27(39)36-18-10-11-19(28(40)41)20(12-18)29(33,34)35/h6-15,25H,1-5H2,(H,36,39)(H,40,41). The largest absolute Gasteiger partial charge is 0.478 e. The molecule has 0 saturated heterocycles. The number of aromatic carboxylic acids is 1. The molecule has 4 aromatic rings. The summed E-state index contributed by atoms with van der Waals surface area (Å²) in [5.74, 6) is -4.82. The fourth-order valence-corrected chi connectivity index (χ4v) is 5.55. The van der Waals surface area contributed by atoms with E-state index in [1.165, 1.54) is 4.57 Å². The first-order valence-corrected chi connectivity index (χ1v) is 13.2. The van der Waals surface area contributed by atoms with E-state index in [1.807, 2.05) is 0 Å². The molecule has 1 atom stereocenters. The Bertz CT molecular complexity index is 1630. The van der Waals surface area contributed by atoms with Crippen LogP contribution in [0.1, 0.15) is 54.1 Å². The van der Waals surface area contributed by atoms with Crippen molar-refractivity contribution in [3.05, 3.63) is 82.4 Å². The lowest BCUT2D eigenvalue weighted by Gasteiger charge is -2.32. The average molecular weight is 592 g/mol. The molecule has 41 heavy (non-hydrogen) atoms. The summed E-state index contributed by atoms with van der Waals surface area (Å²) in [6, 6.07) is 9.71. The number of benzene rings is 3. The van der Waals surface area contributed by atoms with Gasteiger partial charge in [-0.2, -0.15) is 13.2 Å². The normalized spacial score (nSPS) is 15.2. The van der Waals surface area contributed by atoms with Crippen molar-refractivity contribution in [2.24, 2.45) is 5.92 Å². The molecule has 0 radical (unpaired) electrons. The van der Waals surface area contributed by atoms with Gasteiger partial charge >= 0.3 is 12.1 Å². The van der Waals surface area contributed by atoms with Gasteiger partial charge in [-0.25, -0.2) is 18.6 Å². The van der Waals surface area contributed by atoms with Crippen molar-refractivity contribution in [3.63, 3.8) is 0 Å². The van der Waals surface area contributed by atoms with E-state index >= 15 is 0 Å². The van der Waals surface area contributed by atoms with E-state index in [2.05, 4.69) is 10.3 Å². The topological polar surface area (TPSA) is 84.2 Å². The van der Waals surface area contributed by atoms with Gasteiger partial charge in [0, 0.05) is 28.4 Å². The summed E-state index contributed by atoms with van der Waals surface area (Å²) < 4.78 is 71.2. The van der Waals surface area contributed by atoms with Crippen molar-refractivity contribution < 1.29 is 36.6 Å². The highest BCUT2D eigenvalue weighted by Gasteiger charge is 2.37. The van der Waals surface area contributed by atoms with E-state index < -0.39 is 46.9 Å². The predicted molar refractivity (Wildman–Crippen MR) is 143 cm³/mol. The number of halogens is 6. The van der Waals surface area contributed by atoms with Crippen LogP contribution < -0.4 is 5.32 Å². The maximum Gasteiger partial charge on any atom is 0.417 e. The summed E-state index contributed by atoms with van der Waals surface area (Å²) in [6.07, 6.45) is -1.25. The van der Waals surface area contributed by atoms with Crippen LogP contribution in [0.25, 0.3) is 22.4 Å². The van der Waals surface area contributed by atoms with E-state index in [1.54, 1.807) is 24.3 Å². The number of carbonyl (C=O) groups excluding carboxylic acids is 1. The SMILES string of the molecule is O=C(O)c1ccc(NC(=O)C(C2CCCCC2)n2c(-c3ccc(Cl)cc3)nc3cc(F)c(F)cc32)cc1C(F)(F)F. The summed E-state index contributed by atoms with van der Waals surface area (Å²) in [6.45, 7) is 0. The Morgan fingerprint density at radius 1 is 0.976 bits per heavy atom. The monoisotopic (exact) mass is 591 g/mol. The minimum absolute atomic E-state index is 0.0904. The Kier molecular flexibility index (Phi) is 7.74. The van der Waals surface area contributed by atoms with Gasteiger partial charge in [-0.15, -0.1) is 0 Å². The molecular formula is C29H23ClF5N3O3. The fraction of sp³-hybridized carbons (Fsp3) is 0.276. The first-order chi connectivity index (χ1) is 19.4. The van der Waals surface area contributed by atoms with Gasteiger partial charge in [0.25, 0.3) is 0 Å². The molecule has 0 aliphatic heterocycles. The Morgan fingerprint density at radius 3 is 2.27 bits per heavy atom. The molecule has 214 valence electrons. The first-order valence-electron chi connectivity index (χ1n) is 12.8. The Hall–Kier alpha value is -3.99. The van der Waals surface area contributed by atoms with Crippen LogP contribution in [0, 0.1) is 17.6 Å². The maximum absolute atomic E-state index is 14.5. The number of hydrogen-bond acceptors (Lipinski definition) is 3. The Labute approximate surface area is 235 Å². The molecule has 3 aromatic carbocycles. The molecule has 0 spiro atoms. The minimum atomic E-state index is -4.98. The summed E-state index contributed by atoms with van der Waals surface area (Å²) in [5.41, 5.74) is -1.90. The molecule has 0 bridgehead atoms. The maximum atomic E-state index is 14.5. The third-order valence-electron chi connectivity index (χ3n) is 7.30. The van der Waals surface area contributed by atoms with Crippen LogP contribution in [0.2, 0.25) is 5.02 Å². The number of fused-ring (bicyclic) bond motifs is 1. The number of carboxylic acids is 1. The second-order valence-electron chi connectivity index (χ2n) is 9.96. The van der Waals surface area contributed by atoms with Gasteiger partial charge in [0.05, 0.1) is 22.2 Å². The molecule has 1 amide bonds. The van der Waals surface area contributed by atoms with Crippen LogP contribution in [0.15, 0.2) is 54.6 Å². The lowest BCUT2D eigenvalue weighted by Crippen LogP contribution is -2.34. The molecule has 1 aliphatic carbocycles. The van der Waals surface area contributed by atoms with Crippen LogP contribution in [-0.2, 0) is 11.0 Å². The second kappa shape index (κ2) is 11.1. The van der Waals surface area contributed by atoms with Crippen LogP contribution in [0.5, 0.6) is 0 Å². The zero-order chi connectivity index (χ0) is 29.5. The molecule has 1 aliphatic rings. The number of rotatable bonds is 6. The van der Waals surface area contributed by atoms with E-state index in [-0.39, 0.29) is 28.5 Å².